The molecule has 5 nitrogen and oxygen atoms in total. The molecule has 2 heterocycles. The van der Waals surface area contributed by atoms with Crippen molar-refractivity contribution in [1.82, 2.24) is 9.78 Å². The molecule has 0 aliphatic carbocycles. The Bertz CT molecular complexity index is 946. The highest BCUT2D eigenvalue weighted by Crippen LogP contribution is 2.39. The second-order valence-electron chi connectivity index (χ2n) is 6.93. The summed E-state index contributed by atoms with van der Waals surface area (Å²) in [5.41, 5.74) is 4.44. The maximum Gasteiger partial charge on any atom is 0.226 e. The van der Waals surface area contributed by atoms with Crippen LogP contribution in [0, 0.1) is 6.92 Å². The van der Waals surface area contributed by atoms with Gasteiger partial charge in [-0.1, -0.05) is 42.5 Å². The smallest absolute Gasteiger partial charge is 0.226 e. The van der Waals surface area contributed by atoms with Gasteiger partial charge in [-0.05, 0) is 30.2 Å². The Morgan fingerprint density at radius 3 is 2.63 bits per heavy atom. The number of hydrogen-bond acceptors (Lipinski definition) is 3. The van der Waals surface area contributed by atoms with Gasteiger partial charge in [0, 0.05) is 31.4 Å². The summed E-state index contributed by atoms with van der Waals surface area (Å²) in [6.45, 7) is 2.63. The maximum atomic E-state index is 12.1. The SMILES string of the molecule is Cc1nn(C)c2c1C(c1ccc(OCCc3ccccc3)cc1)CC(=O)N2. The second-order valence-corrected chi connectivity index (χ2v) is 6.93. The molecule has 0 bridgehead atoms. The molecule has 0 saturated carbocycles. The summed E-state index contributed by atoms with van der Waals surface area (Å²) >= 11 is 0. The van der Waals surface area contributed by atoms with Crippen molar-refractivity contribution >= 4 is 11.7 Å². The number of fused-ring (bicyclic) bond motifs is 1. The first-order valence-corrected chi connectivity index (χ1v) is 9.22. The Morgan fingerprint density at radius 2 is 1.89 bits per heavy atom. The van der Waals surface area contributed by atoms with Gasteiger partial charge in [0.1, 0.15) is 11.6 Å². The van der Waals surface area contributed by atoms with Crippen molar-refractivity contribution in [3.63, 3.8) is 0 Å². The first kappa shape index (κ1) is 17.3. The molecular formula is C22H23N3O2. The molecule has 1 atom stereocenters. The fourth-order valence-corrected chi connectivity index (χ4v) is 3.72. The van der Waals surface area contributed by atoms with Gasteiger partial charge in [0.25, 0.3) is 0 Å². The van der Waals surface area contributed by atoms with Crippen LogP contribution in [0.2, 0.25) is 0 Å². The van der Waals surface area contributed by atoms with Crippen molar-refractivity contribution in [2.45, 2.75) is 25.7 Å². The Labute approximate surface area is 159 Å². The van der Waals surface area contributed by atoms with E-state index in [2.05, 4.69) is 34.7 Å². The molecule has 1 aromatic heterocycles. The predicted octanol–water partition coefficient (Wildman–Crippen LogP) is 3.82. The molecular weight excluding hydrogens is 338 g/mol. The predicted molar refractivity (Wildman–Crippen MR) is 105 cm³/mol. The van der Waals surface area contributed by atoms with Crippen LogP contribution in [0.15, 0.2) is 54.6 Å². The van der Waals surface area contributed by atoms with Gasteiger partial charge in [0.2, 0.25) is 5.91 Å². The largest absolute Gasteiger partial charge is 0.493 e. The van der Waals surface area contributed by atoms with Crippen LogP contribution < -0.4 is 10.1 Å². The van der Waals surface area contributed by atoms with E-state index >= 15 is 0 Å². The molecule has 1 aliphatic rings. The zero-order valence-corrected chi connectivity index (χ0v) is 15.6. The van der Waals surface area contributed by atoms with E-state index < -0.39 is 0 Å². The van der Waals surface area contributed by atoms with Gasteiger partial charge in [0.15, 0.2) is 0 Å². The molecule has 1 aliphatic heterocycles. The number of nitrogens with one attached hydrogen (secondary N) is 1. The Balaban J connectivity index is 1.47. The average molecular weight is 361 g/mol. The van der Waals surface area contributed by atoms with Crippen LogP contribution in [-0.4, -0.2) is 22.3 Å². The summed E-state index contributed by atoms with van der Waals surface area (Å²) in [7, 11) is 1.86. The third kappa shape index (κ3) is 3.58. The zero-order chi connectivity index (χ0) is 18.8. The monoisotopic (exact) mass is 361 g/mol. The van der Waals surface area contributed by atoms with E-state index in [1.54, 1.807) is 4.68 Å². The average Bonchev–Trinajstić information content (AvgIpc) is 2.96. The number of rotatable bonds is 5. The van der Waals surface area contributed by atoms with Crippen molar-refractivity contribution in [2.24, 2.45) is 7.05 Å². The molecule has 0 radical (unpaired) electrons. The molecule has 1 amide bonds. The summed E-state index contributed by atoms with van der Waals surface area (Å²) in [6.07, 6.45) is 1.32. The fraction of sp³-hybridized carbons (Fsp3) is 0.273. The molecule has 3 aromatic rings. The summed E-state index contributed by atoms with van der Waals surface area (Å²) in [5.74, 6) is 1.70. The Kier molecular flexibility index (Phi) is 4.67. The number of carbonyl (C=O) groups excluding carboxylic acids is 1. The molecule has 1 N–H and O–H groups in total. The normalized spacial score (nSPS) is 15.9. The summed E-state index contributed by atoms with van der Waals surface area (Å²) in [5, 5.41) is 7.41. The standard InChI is InChI=1S/C22H23N3O2/c1-15-21-19(14-20(26)23-22(21)25(2)24-15)17-8-10-18(11-9-17)27-13-12-16-6-4-3-5-7-16/h3-11,19H,12-14H2,1-2H3,(H,23,26). The molecule has 138 valence electrons. The van der Waals surface area contributed by atoms with E-state index in [0.29, 0.717) is 13.0 Å². The minimum atomic E-state index is 0.0266. The van der Waals surface area contributed by atoms with Crippen LogP contribution in [0.25, 0.3) is 0 Å². The third-order valence-electron chi connectivity index (χ3n) is 5.05. The van der Waals surface area contributed by atoms with Crippen LogP contribution in [0.4, 0.5) is 5.82 Å². The van der Waals surface area contributed by atoms with E-state index in [-0.39, 0.29) is 11.8 Å². The molecule has 2 aromatic carbocycles. The van der Waals surface area contributed by atoms with Crippen molar-refractivity contribution in [1.29, 1.82) is 0 Å². The topological polar surface area (TPSA) is 56.2 Å². The number of nitrogens with zero attached hydrogens (tertiary/aromatic N) is 2. The number of aryl methyl sites for hydroxylation is 2. The molecule has 0 saturated heterocycles. The number of amides is 1. The summed E-state index contributed by atoms with van der Waals surface area (Å²) in [4.78, 5) is 12.1. The van der Waals surface area contributed by atoms with Gasteiger partial charge < -0.3 is 10.1 Å². The number of hydrogen-bond donors (Lipinski definition) is 1. The highest BCUT2D eigenvalue weighted by atomic mass is 16.5. The van der Waals surface area contributed by atoms with E-state index in [9.17, 15) is 4.79 Å². The zero-order valence-electron chi connectivity index (χ0n) is 15.6. The van der Waals surface area contributed by atoms with Crippen LogP contribution >= 0.6 is 0 Å². The Hall–Kier alpha value is -3.08. The van der Waals surface area contributed by atoms with Crippen molar-refractivity contribution in [2.75, 3.05) is 11.9 Å². The third-order valence-corrected chi connectivity index (χ3v) is 5.05. The van der Waals surface area contributed by atoms with Crippen molar-refractivity contribution in [3.8, 4) is 5.75 Å². The summed E-state index contributed by atoms with van der Waals surface area (Å²) < 4.78 is 7.62. The lowest BCUT2D eigenvalue weighted by Gasteiger charge is -2.24. The van der Waals surface area contributed by atoms with Gasteiger partial charge in [-0.25, -0.2) is 0 Å². The lowest BCUT2D eigenvalue weighted by Crippen LogP contribution is -2.24. The number of benzene rings is 2. The maximum absolute atomic E-state index is 12.1. The van der Waals surface area contributed by atoms with Gasteiger partial charge in [-0.3, -0.25) is 9.48 Å². The highest BCUT2D eigenvalue weighted by Gasteiger charge is 2.31. The van der Waals surface area contributed by atoms with Gasteiger partial charge >= 0.3 is 0 Å². The van der Waals surface area contributed by atoms with Crippen molar-refractivity contribution < 1.29 is 9.53 Å². The summed E-state index contributed by atoms with van der Waals surface area (Å²) in [6, 6.07) is 18.4. The van der Waals surface area contributed by atoms with Gasteiger partial charge in [0.05, 0.1) is 12.3 Å². The molecule has 5 heteroatoms. The number of ether oxygens (including phenoxy) is 1. The van der Waals surface area contributed by atoms with Crippen LogP contribution in [0.5, 0.6) is 5.75 Å². The van der Waals surface area contributed by atoms with Crippen molar-refractivity contribution in [3.05, 3.63) is 77.0 Å². The van der Waals surface area contributed by atoms with Crippen LogP contribution in [0.1, 0.15) is 34.7 Å². The first-order chi connectivity index (χ1) is 13.1. The Morgan fingerprint density at radius 1 is 1.15 bits per heavy atom. The van der Waals surface area contributed by atoms with E-state index in [0.717, 1.165) is 34.8 Å². The highest BCUT2D eigenvalue weighted by molar-refractivity contribution is 5.94. The number of anilines is 1. The van der Waals surface area contributed by atoms with E-state index in [4.69, 9.17) is 4.74 Å². The minimum absolute atomic E-state index is 0.0266. The second kappa shape index (κ2) is 7.27. The molecule has 0 fully saturated rings. The van der Waals surface area contributed by atoms with Crippen LogP contribution in [-0.2, 0) is 18.3 Å². The minimum Gasteiger partial charge on any atom is -0.493 e. The molecule has 0 spiro atoms. The molecule has 4 rings (SSSR count). The molecule has 1 unspecified atom stereocenters. The number of carbonyl (C=O) groups is 1. The van der Waals surface area contributed by atoms with Gasteiger partial charge in [-0.2, -0.15) is 5.10 Å². The lowest BCUT2D eigenvalue weighted by molar-refractivity contribution is -0.116. The van der Waals surface area contributed by atoms with E-state index in [1.807, 2.05) is 44.3 Å². The number of aromatic nitrogens is 2. The fourth-order valence-electron chi connectivity index (χ4n) is 3.72. The van der Waals surface area contributed by atoms with Gasteiger partial charge in [-0.15, -0.1) is 0 Å². The first-order valence-electron chi connectivity index (χ1n) is 9.22. The lowest BCUT2D eigenvalue weighted by atomic mass is 9.86. The van der Waals surface area contributed by atoms with E-state index in [1.165, 1.54) is 5.56 Å². The van der Waals surface area contributed by atoms with Crippen LogP contribution in [0.3, 0.4) is 0 Å². The quantitative estimate of drug-likeness (QED) is 0.751. The molecule has 27 heavy (non-hydrogen) atoms.